The van der Waals surface area contributed by atoms with Crippen LogP contribution in [0.5, 0.6) is 5.75 Å². The highest BCUT2D eigenvalue weighted by Crippen LogP contribution is 2.37. The van der Waals surface area contributed by atoms with E-state index in [2.05, 4.69) is 26.4 Å². The van der Waals surface area contributed by atoms with Gasteiger partial charge in [-0.3, -0.25) is 9.69 Å². The van der Waals surface area contributed by atoms with E-state index in [0.29, 0.717) is 29.7 Å². The van der Waals surface area contributed by atoms with Crippen LogP contribution in [0, 0.1) is 0 Å². The van der Waals surface area contributed by atoms with Gasteiger partial charge < -0.3 is 20.3 Å². The molecule has 0 saturated carbocycles. The standard InChI is InChI=1S/C26H31N5O3/c1-16(2)33-23-11-8-17(14-21(23)27)26-29-25(30-34-26)20-7-5-6-19-18(20)9-10-22(19)28-24(32)15-31-12-3-4-13-31/h5-8,11,14,16,22H,3-4,9-10,12-13,15,27H2,1-2H3,(H,28,32)/t22-/m0/s1. The third-order valence-electron chi connectivity index (χ3n) is 6.46. The van der Waals surface area contributed by atoms with Gasteiger partial charge in [-0.15, -0.1) is 0 Å². The smallest absolute Gasteiger partial charge is 0.258 e. The first-order valence-corrected chi connectivity index (χ1v) is 12.0. The molecular formula is C26H31N5O3. The summed E-state index contributed by atoms with van der Waals surface area (Å²) in [6.07, 6.45) is 4.13. The van der Waals surface area contributed by atoms with E-state index in [9.17, 15) is 4.79 Å². The second-order valence-corrected chi connectivity index (χ2v) is 9.36. The van der Waals surface area contributed by atoms with Crippen LogP contribution in [-0.4, -0.2) is 46.7 Å². The van der Waals surface area contributed by atoms with Gasteiger partial charge in [-0.1, -0.05) is 23.4 Å². The Labute approximate surface area is 199 Å². The summed E-state index contributed by atoms with van der Waals surface area (Å²) < 4.78 is 11.3. The minimum Gasteiger partial charge on any atom is -0.489 e. The van der Waals surface area contributed by atoms with Crippen molar-refractivity contribution in [1.29, 1.82) is 0 Å². The van der Waals surface area contributed by atoms with Gasteiger partial charge >= 0.3 is 0 Å². The van der Waals surface area contributed by atoms with E-state index in [1.807, 2.05) is 38.1 Å². The molecule has 0 bridgehead atoms. The summed E-state index contributed by atoms with van der Waals surface area (Å²) >= 11 is 0. The number of nitrogens with two attached hydrogens (primary N) is 1. The summed E-state index contributed by atoms with van der Waals surface area (Å²) in [5.74, 6) is 1.67. The fourth-order valence-corrected chi connectivity index (χ4v) is 4.89. The van der Waals surface area contributed by atoms with Crippen LogP contribution in [0.15, 0.2) is 40.9 Å². The van der Waals surface area contributed by atoms with Crippen LogP contribution in [0.3, 0.4) is 0 Å². The molecule has 5 rings (SSSR count). The highest BCUT2D eigenvalue weighted by Gasteiger charge is 2.28. The van der Waals surface area contributed by atoms with E-state index < -0.39 is 0 Å². The minimum atomic E-state index is 0.0183. The van der Waals surface area contributed by atoms with E-state index in [1.165, 1.54) is 18.4 Å². The molecule has 2 aromatic carbocycles. The maximum Gasteiger partial charge on any atom is 0.258 e. The van der Waals surface area contributed by atoms with Gasteiger partial charge in [-0.2, -0.15) is 4.98 Å². The summed E-state index contributed by atoms with van der Waals surface area (Å²) in [5, 5.41) is 7.47. The Morgan fingerprint density at radius 3 is 2.85 bits per heavy atom. The number of anilines is 1. The van der Waals surface area contributed by atoms with Gasteiger partial charge in [-0.25, -0.2) is 0 Å². The van der Waals surface area contributed by atoms with Crippen molar-refractivity contribution < 1.29 is 14.1 Å². The lowest BCUT2D eigenvalue weighted by Crippen LogP contribution is -2.37. The highest BCUT2D eigenvalue weighted by atomic mass is 16.5. The Kier molecular flexibility index (Phi) is 6.24. The average molecular weight is 462 g/mol. The van der Waals surface area contributed by atoms with Gasteiger partial charge in [0.1, 0.15) is 5.75 Å². The molecule has 1 atom stereocenters. The number of ether oxygens (including phenoxy) is 1. The molecule has 178 valence electrons. The largest absolute Gasteiger partial charge is 0.489 e. The fraction of sp³-hybridized carbons (Fsp3) is 0.423. The van der Waals surface area contributed by atoms with Crippen LogP contribution in [0.4, 0.5) is 5.69 Å². The van der Waals surface area contributed by atoms with Crippen molar-refractivity contribution in [3.8, 4) is 28.6 Å². The first-order chi connectivity index (χ1) is 16.5. The number of nitrogens with zero attached hydrogens (tertiary/aromatic N) is 3. The number of benzene rings is 2. The summed E-state index contributed by atoms with van der Waals surface area (Å²) in [5.41, 5.74) is 10.7. The Morgan fingerprint density at radius 2 is 2.09 bits per heavy atom. The minimum absolute atomic E-state index is 0.0183. The number of hydrogen-bond acceptors (Lipinski definition) is 7. The Balaban J connectivity index is 1.33. The van der Waals surface area contributed by atoms with Crippen LogP contribution < -0.4 is 15.8 Å². The van der Waals surface area contributed by atoms with Gasteiger partial charge in [0.15, 0.2) is 0 Å². The summed E-state index contributed by atoms with van der Waals surface area (Å²) in [7, 11) is 0. The van der Waals surface area contributed by atoms with E-state index in [-0.39, 0.29) is 18.1 Å². The first kappa shape index (κ1) is 22.4. The molecule has 1 fully saturated rings. The first-order valence-electron chi connectivity index (χ1n) is 12.0. The molecule has 1 saturated heterocycles. The van der Waals surface area contributed by atoms with Crippen molar-refractivity contribution >= 4 is 11.6 Å². The number of carbonyl (C=O) groups is 1. The number of nitrogens with one attached hydrogen (secondary N) is 1. The molecule has 8 nitrogen and oxygen atoms in total. The molecule has 34 heavy (non-hydrogen) atoms. The zero-order valence-electron chi connectivity index (χ0n) is 19.7. The van der Waals surface area contributed by atoms with Crippen LogP contribution in [0.2, 0.25) is 0 Å². The molecule has 0 radical (unpaired) electrons. The van der Waals surface area contributed by atoms with E-state index in [1.54, 1.807) is 6.07 Å². The van der Waals surface area contributed by atoms with Gasteiger partial charge in [0, 0.05) is 11.1 Å². The lowest BCUT2D eigenvalue weighted by molar-refractivity contribution is -0.122. The van der Waals surface area contributed by atoms with Crippen molar-refractivity contribution in [3.63, 3.8) is 0 Å². The van der Waals surface area contributed by atoms with Crippen molar-refractivity contribution in [2.45, 2.75) is 51.7 Å². The zero-order valence-corrected chi connectivity index (χ0v) is 19.7. The third-order valence-corrected chi connectivity index (χ3v) is 6.46. The van der Waals surface area contributed by atoms with Gasteiger partial charge in [0.25, 0.3) is 5.89 Å². The predicted molar refractivity (Wildman–Crippen MR) is 130 cm³/mol. The topological polar surface area (TPSA) is 107 Å². The predicted octanol–water partition coefficient (Wildman–Crippen LogP) is 3.97. The van der Waals surface area contributed by atoms with E-state index in [0.717, 1.165) is 42.6 Å². The molecule has 3 N–H and O–H groups in total. The molecule has 1 aliphatic heterocycles. The van der Waals surface area contributed by atoms with Gasteiger partial charge in [0.2, 0.25) is 11.7 Å². The molecule has 2 aliphatic rings. The second-order valence-electron chi connectivity index (χ2n) is 9.36. The van der Waals surface area contributed by atoms with E-state index >= 15 is 0 Å². The van der Waals surface area contributed by atoms with Crippen LogP contribution >= 0.6 is 0 Å². The number of nitrogen functional groups attached to an aromatic ring is 1. The maximum atomic E-state index is 12.6. The highest BCUT2D eigenvalue weighted by molar-refractivity contribution is 5.79. The van der Waals surface area contributed by atoms with Crippen LogP contribution in [-0.2, 0) is 11.2 Å². The molecule has 8 heteroatoms. The molecule has 2 heterocycles. The Hall–Kier alpha value is -3.39. The van der Waals surface area contributed by atoms with E-state index in [4.69, 9.17) is 15.0 Å². The molecule has 1 aromatic heterocycles. The summed E-state index contributed by atoms with van der Waals surface area (Å²) in [6, 6.07) is 11.6. The zero-order chi connectivity index (χ0) is 23.7. The lowest BCUT2D eigenvalue weighted by atomic mass is 10.0. The van der Waals surface area contributed by atoms with Crippen molar-refractivity contribution in [1.82, 2.24) is 20.4 Å². The number of amides is 1. The van der Waals surface area contributed by atoms with Crippen LogP contribution in [0.1, 0.15) is 50.3 Å². The molecule has 0 spiro atoms. The fourth-order valence-electron chi connectivity index (χ4n) is 4.89. The normalized spacial score (nSPS) is 17.8. The monoisotopic (exact) mass is 461 g/mol. The van der Waals surface area contributed by atoms with Gasteiger partial charge in [0.05, 0.1) is 24.4 Å². The Bertz CT molecular complexity index is 1180. The second kappa shape index (κ2) is 9.46. The molecular weight excluding hydrogens is 430 g/mol. The van der Waals surface area contributed by atoms with Gasteiger partial charge in [-0.05, 0) is 81.9 Å². The average Bonchev–Trinajstić information content (AvgIpc) is 3.56. The molecule has 1 aliphatic carbocycles. The van der Waals surface area contributed by atoms with Crippen LogP contribution in [0.25, 0.3) is 22.8 Å². The van der Waals surface area contributed by atoms with Crippen molar-refractivity contribution in [2.24, 2.45) is 0 Å². The quantitative estimate of drug-likeness (QED) is 0.513. The summed E-state index contributed by atoms with van der Waals surface area (Å²) in [6.45, 7) is 6.42. The number of hydrogen-bond donors (Lipinski definition) is 2. The number of fused-ring (bicyclic) bond motifs is 1. The SMILES string of the molecule is CC(C)Oc1ccc(-c2nc(-c3cccc4c3CC[C@@H]4NC(=O)CN3CCCC3)no2)cc1N. The number of likely N-dealkylation sites (tertiary alicyclic amines) is 1. The molecule has 0 unspecified atom stereocenters. The maximum absolute atomic E-state index is 12.6. The third kappa shape index (κ3) is 4.63. The van der Waals surface area contributed by atoms with Crippen molar-refractivity contribution in [2.75, 3.05) is 25.4 Å². The number of aromatic nitrogens is 2. The number of carbonyl (C=O) groups excluding carboxylic acids is 1. The molecule has 3 aromatic rings. The summed E-state index contributed by atoms with van der Waals surface area (Å²) in [4.78, 5) is 19.4. The lowest BCUT2D eigenvalue weighted by Gasteiger charge is -2.18. The van der Waals surface area contributed by atoms with Crippen molar-refractivity contribution in [3.05, 3.63) is 47.5 Å². The number of rotatable bonds is 7. The molecule has 1 amide bonds. The Morgan fingerprint density at radius 1 is 1.26 bits per heavy atom.